The first-order valence-electron chi connectivity index (χ1n) is 11.7. The van der Waals surface area contributed by atoms with Crippen molar-refractivity contribution in [2.45, 2.75) is 50.6 Å². The standard InChI is InChI=1S/C26H34N4O2/c1-29(2)22-14-12-20(13-15-22)24(30-17-16-19-8-6-7-11-23(19)30)18-27-25(31)26(32)28-21-9-4-3-5-10-21/h6-8,11-15,21,24H,3-5,9-10,16-18H2,1-2H3,(H,27,31)(H,28,32). The Hall–Kier alpha value is -3.02. The maximum Gasteiger partial charge on any atom is 0.309 e. The fraction of sp³-hybridized carbons (Fsp3) is 0.462. The minimum atomic E-state index is -0.544. The molecule has 170 valence electrons. The van der Waals surface area contributed by atoms with E-state index in [0.717, 1.165) is 49.9 Å². The van der Waals surface area contributed by atoms with Crippen LogP contribution in [0.5, 0.6) is 0 Å². The van der Waals surface area contributed by atoms with E-state index in [1.165, 1.54) is 17.7 Å². The maximum atomic E-state index is 12.6. The van der Waals surface area contributed by atoms with Gasteiger partial charge in [-0.25, -0.2) is 0 Å². The molecule has 2 amide bonds. The first-order valence-corrected chi connectivity index (χ1v) is 11.7. The van der Waals surface area contributed by atoms with E-state index in [9.17, 15) is 9.59 Å². The van der Waals surface area contributed by atoms with Gasteiger partial charge in [-0.05, 0) is 48.6 Å². The number of nitrogens with zero attached hydrogens (tertiary/aromatic N) is 2. The summed E-state index contributed by atoms with van der Waals surface area (Å²) in [6.07, 6.45) is 6.36. The van der Waals surface area contributed by atoms with Gasteiger partial charge < -0.3 is 20.4 Å². The van der Waals surface area contributed by atoms with Crippen LogP contribution in [0.4, 0.5) is 11.4 Å². The van der Waals surface area contributed by atoms with Crippen molar-refractivity contribution in [3.8, 4) is 0 Å². The van der Waals surface area contributed by atoms with Crippen molar-refractivity contribution in [3.63, 3.8) is 0 Å². The molecule has 1 atom stereocenters. The molecule has 0 saturated heterocycles. The Morgan fingerprint density at radius 1 is 1.00 bits per heavy atom. The van der Waals surface area contributed by atoms with Crippen molar-refractivity contribution in [1.82, 2.24) is 10.6 Å². The largest absolute Gasteiger partial charge is 0.378 e. The minimum absolute atomic E-state index is 0.0405. The zero-order valence-corrected chi connectivity index (χ0v) is 19.1. The minimum Gasteiger partial charge on any atom is -0.378 e. The SMILES string of the molecule is CN(C)c1ccc(C(CNC(=O)C(=O)NC2CCCCC2)N2CCc3ccccc32)cc1. The van der Waals surface area contributed by atoms with Crippen LogP contribution in [0.25, 0.3) is 0 Å². The third-order valence-corrected chi connectivity index (χ3v) is 6.70. The number of benzene rings is 2. The highest BCUT2D eigenvalue weighted by atomic mass is 16.2. The van der Waals surface area contributed by atoms with Crippen molar-refractivity contribution < 1.29 is 9.59 Å². The molecule has 0 radical (unpaired) electrons. The molecule has 0 spiro atoms. The summed E-state index contributed by atoms with van der Waals surface area (Å²) in [7, 11) is 4.04. The van der Waals surface area contributed by atoms with Crippen LogP contribution in [0.3, 0.4) is 0 Å². The number of nitrogens with one attached hydrogen (secondary N) is 2. The fourth-order valence-corrected chi connectivity index (χ4v) is 4.86. The van der Waals surface area contributed by atoms with Crippen LogP contribution >= 0.6 is 0 Å². The summed E-state index contributed by atoms with van der Waals surface area (Å²) in [5.41, 5.74) is 4.78. The lowest BCUT2D eigenvalue weighted by Crippen LogP contribution is -2.47. The number of rotatable bonds is 6. The van der Waals surface area contributed by atoms with Gasteiger partial charge in [0, 0.05) is 44.6 Å². The van der Waals surface area contributed by atoms with E-state index in [0.29, 0.717) is 6.54 Å². The number of carbonyl (C=O) groups excluding carboxylic acids is 2. The molecule has 1 unspecified atom stereocenters. The summed E-state index contributed by atoms with van der Waals surface area (Å²) < 4.78 is 0. The lowest BCUT2D eigenvalue weighted by atomic mass is 9.95. The highest BCUT2D eigenvalue weighted by Gasteiger charge is 2.28. The van der Waals surface area contributed by atoms with Gasteiger partial charge in [0.15, 0.2) is 0 Å². The fourth-order valence-electron chi connectivity index (χ4n) is 4.86. The van der Waals surface area contributed by atoms with Crippen molar-refractivity contribution in [2.24, 2.45) is 0 Å². The summed E-state index contributed by atoms with van der Waals surface area (Å²) in [6, 6.07) is 17.0. The number of para-hydroxylation sites is 1. The van der Waals surface area contributed by atoms with Crippen LogP contribution in [0.2, 0.25) is 0 Å². The highest BCUT2D eigenvalue weighted by Crippen LogP contribution is 2.35. The zero-order chi connectivity index (χ0) is 22.5. The van der Waals surface area contributed by atoms with E-state index in [1.807, 2.05) is 14.1 Å². The van der Waals surface area contributed by atoms with E-state index < -0.39 is 11.8 Å². The second kappa shape index (κ2) is 10.1. The Kier molecular flexibility index (Phi) is 6.98. The molecular formula is C26H34N4O2. The van der Waals surface area contributed by atoms with Crippen LogP contribution in [-0.4, -0.2) is 45.0 Å². The van der Waals surface area contributed by atoms with E-state index in [-0.39, 0.29) is 12.1 Å². The predicted molar refractivity (Wildman–Crippen MR) is 129 cm³/mol. The Labute approximate surface area is 191 Å². The number of anilines is 2. The lowest BCUT2D eigenvalue weighted by Gasteiger charge is -2.31. The number of hydrogen-bond acceptors (Lipinski definition) is 4. The van der Waals surface area contributed by atoms with Crippen molar-refractivity contribution in [2.75, 3.05) is 37.0 Å². The smallest absolute Gasteiger partial charge is 0.309 e. The molecule has 32 heavy (non-hydrogen) atoms. The first-order chi connectivity index (χ1) is 15.5. The molecule has 1 aliphatic carbocycles. The van der Waals surface area contributed by atoms with Crippen LogP contribution in [-0.2, 0) is 16.0 Å². The molecule has 6 heteroatoms. The Morgan fingerprint density at radius 2 is 1.72 bits per heavy atom. The Balaban J connectivity index is 1.48. The van der Waals surface area contributed by atoms with Gasteiger partial charge in [0.25, 0.3) is 0 Å². The second-order valence-corrected chi connectivity index (χ2v) is 9.09. The molecule has 1 heterocycles. The van der Waals surface area contributed by atoms with Gasteiger partial charge >= 0.3 is 11.8 Å². The van der Waals surface area contributed by atoms with Crippen molar-refractivity contribution in [1.29, 1.82) is 0 Å². The molecular weight excluding hydrogens is 400 g/mol. The molecule has 2 aromatic carbocycles. The summed E-state index contributed by atoms with van der Waals surface area (Å²) >= 11 is 0. The summed E-state index contributed by atoms with van der Waals surface area (Å²) in [6.45, 7) is 1.27. The third kappa shape index (κ3) is 5.06. The molecule has 2 aromatic rings. The summed E-state index contributed by atoms with van der Waals surface area (Å²) in [5.74, 6) is -1.06. The molecule has 2 N–H and O–H groups in total. The molecule has 2 aliphatic rings. The van der Waals surface area contributed by atoms with Gasteiger partial charge in [0.05, 0.1) is 6.04 Å². The van der Waals surface area contributed by atoms with Crippen LogP contribution < -0.4 is 20.4 Å². The quantitative estimate of drug-likeness (QED) is 0.684. The molecule has 0 bridgehead atoms. The molecule has 4 rings (SSSR count). The summed E-state index contributed by atoms with van der Waals surface area (Å²) in [5, 5.41) is 5.83. The zero-order valence-electron chi connectivity index (χ0n) is 19.1. The van der Waals surface area contributed by atoms with Crippen molar-refractivity contribution in [3.05, 3.63) is 59.7 Å². The Bertz CT molecular complexity index is 935. The van der Waals surface area contributed by atoms with Crippen LogP contribution in [0, 0.1) is 0 Å². The monoisotopic (exact) mass is 434 g/mol. The summed E-state index contributed by atoms with van der Waals surface area (Å²) in [4.78, 5) is 29.5. The van der Waals surface area contributed by atoms with Crippen LogP contribution in [0.1, 0.15) is 49.3 Å². The molecule has 1 aliphatic heterocycles. The van der Waals surface area contributed by atoms with E-state index in [1.54, 1.807) is 0 Å². The second-order valence-electron chi connectivity index (χ2n) is 9.09. The topological polar surface area (TPSA) is 64.7 Å². The molecule has 6 nitrogen and oxygen atoms in total. The van der Waals surface area contributed by atoms with Crippen LogP contribution in [0.15, 0.2) is 48.5 Å². The van der Waals surface area contributed by atoms with Gasteiger partial charge in [-0.15, -0.1) is 0 Å². The van der Waals surface area contributed by atoms with E-state index in [4.69, 9.17) is 0 Å². The number of fused-ring (bicyclic) bond motifs is 1. The van der Waals surface area contributed by atoms with Gasteiger partial charge in [0.1, 0.15) is 0 Å². The van der Waals surface area contributed by atoms with Gasteiger partial charge in [0.2, 0.25) is 0 Å². The van der Waals surface area contributed by atoms with Gasteiger partial charge in [-0.1, -0.05) is 49.6 Å². The molecule has 0 aromatic heterocycles. The van der Waals surface area contributed by atoms with Crippen molar-refractivity contribution >= 4 is 23.2 Å². The number of amides is 2. The average Bonchev–Trinajstić information content (AvgIpc) is 3.24. The van der Waals surface area contributed by atoms with Gasteiger partial charge in [-0.2, -0.15) is 0 Å². The van der Waals surface area contributed by atoms with E-state index >= 15 is 0 Å². The maximum absolute atomic E-state index is 12.6. The number of hydrogen-bond donors (Lipinski definition) is 2. The first kappa shape index (κ1) is 22.2. The predicted octanol–water partition coefficient (Wildman–Crippen LogP) is 3.42. The average molecular weight is 435 g/mol. The Morgan fingerprint density at radius 3 is 2.44 bits per heavy atom. The lowest BCUT2D eigenvalue weighted by molar-refractivity contribution is -0.139. The molecule has 1 fully saturated rings. The number of carbonyl (C=O) groups is 2. The normalized spacial score (nSPS) is 16.9. The third-order valence-electron chi connectivity index (χ3n) is 6.70. The highest BCUT2D eigenvalue weighted by molar-refractivity contribution is 6.35. The molecule has 1 saturated carbocycles. The van der Waals surface area contributed by atoms with E-state index in [2.05, 4.69) is 69.0 Å². The van der Waals surface area contributed by atoms with Gasteiger partial charge in [-0.3, -0.25) is 9.59 Å².